The SMILES string of the molecule is CN(C)C1CCN(Cc2cn(C)nc2C(=O)NCc2cnc[nH]2)C1. The summed E-state index contributed by atoms with van der Waals surface area (Å²) >= 11 is 0. The van der Waals surface area contributed by atoms with Crippen LogP contribution in [-0.4, -0.2) is 68.7 Å². The molecule has 2 N–H and O–H groups in total. The topological polar surface area (TPSA) is 82.1 Å². The number of H-pyrrole nitrogens is 1. The average molecular weight is 331 g/mol. The van der Waals surface area contributed by atoms with Crippen LogP contribution in [0.2, 0.25) is 0 Å². The molecular weight excluding hydrogens is 306 g/mol. The summed E-state index contributed by atoms with van der Waals surface area (Å²) in [6, 6.07) is 0.583. The van der Waals surface area contributed by atoms with E-state index in [2.05, 4.69) is 44.3 Å². The lowest BCUT2D eigenvalue weighted by Gasteiger charge is -2.20. The van der Waals surface area contributed by atoms with Crippen molar-refractivity contribution in [1.29, 1.82) is 0 Å². The van der Waals surface area contributed by atoms with E-state index in [0.717, 1.165) is 37.3 Å². The normalized spacial score (nSPS) is 18.4. The number of nitrogens with zero attached hydrogens (tertiary/aromatic N) is 5. The van der Waals surface area contributed by atoms with Crippen molar-refractivity contribution >= 4 is 5.91 Å². The summed E-state index contributed by atoms with van der Waals surface area (Å²) in [5, 5.41) is 7.24. The van der Waals surface area contributed by atoms with E-state index < -0.39 is 0 Å². The van der Waals surface area contributed by atoms with Gasteiger partial charge in [-0.2, -0.15) is 5.10 Å². The zero-order chi connectivity index (χ0) is 17.1. The molecule has 1 saturated heterocycles. The number of likely N-dealkylation sites (tertiary alicyclic amines) is 1. The molecule has 0 saturated carbocycles. The van der Waals surface area contributed by atoms with E-state index in [1.807, 2.05) is 13.2 Å². The molecule has 8 nitrogen and oxygen atoms in total. The first-order chi connectivity index (χ1) is 11.5. The van der Waals surface area contributed by atoms with E-state index in [-0.39, 0.29) is 5.91 Å². The average Bonchev–Trinajstić information content (AvgIpc) is 3.26. The number of aromatic amines is 1. The maximum atomic E-state index is 12.5. The van der Waals surface area contributed by atoms with Crippen LogP contribution in [0.3, 0.4) is 0 Å². The van der Waals surface area contributed by atoms with Crippen molar-refractivity contribution in [2.24, 2.45) is 7.05 Å². The van der Waals surface area contributed by atoms with Gasteiger partial charge in [0.2, 0.25) is 0 Å². The Labute approximate surface area is 141 Å². The number of amides is 1. The van der Waals surface area contributed by atoms with E-state index in [1.165, 1.54) is 0 Å². The molecule has 1 unspecified atom stereocenters. The summed E-state index contributed by atoms with van der Waals surface area (Å²) < 4.78 is 1.71. The highest BCUT2D eigenvalue weighted by atomic mass is 16.1. The molecule has 1 aliphatic heterocycles. The highest BCUT2D eigenvalue weighted by Crippen LogP contribution is 2.18. The van der Waals surface area contributed by atoms with E-state index in [9.17, 15) is 4.79 Å². The summed E-state index contributed by atoms with van der Waals surface area (Å²) in [6.07, 6.45) is 6.40. The van der Waals surface area contributed by atoms with Crippen molar-refractivity contribution in [2.75, 3.05) is 27.2 Å². The summed E-state index contributed by atoms with van der Waals surface area (Å²) in [6.45, 7) is 3.25. The minimum atomic E-state index is -0.149. The van der Waals surface area contributed by atoms with Crippen LogP contribution in [0.15, 0.2) is 18.7 Å². The third-order valence-corrected chi connectivity index (χ3v) is 4.49. The van der Waals surface area contributed by atoms with Crippen molar-refractivity contribution in [2.45, 2.75) is 25.6 Å². The predicted octanol–water partition coefficient (Wildman–Crippen LogP) is 0.209. The van der Waals surface area contributed by atoms with Gasteiger partial charge in [-0.15, -0.1) is 0 Å². The maximum Gasteiger partial charge on any atom is 0.272 e. The molecule has 1 fully saturated rings. The molecule has 1 atom stereocenters. The van der Waals surface area contributed by atoms with Crippen LogP contribution in [0.25, 0.3) is 0 Å². The lowest BCUT2D eigenvalue weighted by atomic mass is 10.2. The van der Waals surface area contributed by atoms with Gasteiger partial charge in [-0.25, -0.2) is 4.98 Å². The highest BCUT2D eigenvalue weighted by molar-refractivity contribution is 5.93. The standard InChI is InChI=1S/C16H25N7O/c1-21(2)14-4-5-23(10-14)9-12-8-22(3)20-15(12)16(24)18-7-13-6-17-11-19-13/h6,8,11,14H,4-5,7,9-10H2,1-3H3,(H,17,19)(H,18,24). The summed E-state index contributed by atoms with van der Waals surface area (Å²) in [5.74, 6) is -0.149. The number of carbonyl (C=O) groups is 1. The number of hydrogen-bond donors (Lipinski definition) is 2. The number of imidazole rings is 1. The van der Waals surface area contributed by atoms with Gasteiger partial charge in [0.25, 0.3) is 5.91 Å². The van der Waals surface area contributed by atoms with Crippen molar-refractivity contribution in [3.05, 3.63) is 35.7 Å². The van der Waals surface area contributed by atoms with Crippen LogP contribution < -0.4 is 5.32 Å². The maximum absolute atomic E-state index is 12.5. The third kappa shape index (κ3) is 3.82. The second-order valence-electron chi connectivity index (χ2n) is 6.58. The molecule has 0 radical (unpaired) electrons. The molecule has 1 amide bonds. The number of rotatable bonds is 6. The molecule has 130 valence electrons. The van der Waals surface area contributed by atoms with Crippen molar-refractivity contribution in [3.8, 4) is 0 Å². The van der Waals surface area contributed by atoms with E-state index in [4.69, 9.17) is 0 Å². The number of likely N-dealkylation sites (N-methyl/N-ethyl adjacent to an activating group) is 1. The molecule has 0 bridgehead atoms. The molecule has 2 aromatic heterocycles. The molecule has 2 aromatic rings. The Morgan fingerprint density at radius 2 is 2.33 bits per heavy atom. The number of hydrogen-bond acceptors (Lipinski definition) is 5. The highest BCUT2D eigenvalue weighted by Gasteiger charge is 2.26. The van der Waals surface area contributed by atoms with Crippen LogP contribution in [0.1, 0.15) is 28.2 Å². The second-order valence-corrected chi connectivity index (χ2v) is 6.58. The minimum Gasteiger partial charge on any atom is -0.347 e. The van der Waals surface area contributed by atoms with Gasteiger partial charge in [0, 0.05) is 50.7 Å². The first-order valence-corrected chi connectivity index (χ1v) is 8.19. The Kier molecular flexibility index (Phi) is 4.96. The Morgan fingerprint density at radius 1 is 1.50 bits per heavy atom. The van der Waals surface area contributed by atoms with Gasteiger partial charge in [0.1, 0.15) is 0 Å². The molecule has 3 heterocycles. The van der Waals surface area contributed by atoms with Crippen molar-refractivity contribution in [1.82, 2.24) is 34.9 Å². The minimum absolute atomic E-state index is 0.149. The van der Waals surface area contributed by atoms with Gasteiger partial charge >= 0.3 is 0 Å². The Bertz CT molecular complexity index is 677. The molecule has 1 aliphatic rings. The molecule has 3 rings (SSSR count). The van der Waals surface area contributed by atoms with Gasteiger partial charge in [0.05, 0.1) is 18.6 Å². The Hall–Kier alpha value is -2.19. The Balaban J connectivity index is 1.63. The lowest BCUT2D eigenvalue weighted by Crippen LogP contribution is -2.31. The predicted molar refractivity (Wildman–Crippen MR) is 90.3 cm³/mol. The molecule has 8 heteroatoms. The van der Waals surface area contributed by atoms with Crippen LogP contribution in [0.4, 0.5) is 0 Å². The largest absolute Gasteiger partial charge is 0.347 e. The lowest BCUT2D eigenvalue weighted by molar-refractivity contribution is 0.0943. The van der Waals surface area contributed by atoms with Crippen LogP contribution in [0, 0.1) is 0 Å². The third-order valence-electron chi connectivity index (χ3n) is 4.49. The smallest absolute Gasteiger partial charge is 0.272 e. The van der Waals surface area contributed by atoms with Crippen molar-refractivity contribution in [3.63, 3.8) is 0 Å². The number of aromatic nitrogens is 4. The first kappa shape index (κ1) is 16.7. The molecule has 24 heavy (non-hydrogen) atoms. The Morgan fingerprint density at radius 3 is 3.00 bits per heavy atom. The van der Waals surface area contributed by atoms with Gasteiger partial charge in [-0.1, -0.05) is 0 Å². The summed E-state index contributed by atoms with van der Waals surface area (Å²) in [4.78, 5) is 24.0. The fraction of sp³-hybridized carbons (Fsp3) is 0.562. The van der Waals surface area contributed by atoms with Crippen LogP contribution in [-0.2, 0) is 20.1 Å². The zero-order valence-electron chi connectivity index (χ0n) is 14.5. The number of nitrogens with one attached hydrogen (secondary N) is 2. The summed E-state index contributed by atoms with van der Waals surface area (Å²) in [5.41, 5.74) is 2.35. The van der Waals surface area contributed by atoms with E-state index >= 15 is 0 Å². The quantitative estimate of drug-likeness (QED) is 0.791. The van der Waals surface area contributed by atoms with E-state index in [1.54, 1.807) is 17.2 Å². The van der Waals surface area contributed by atoms with Crippen LogP contribution in [0.5, 0.6) is 0 Å². The van der Waals surface area contributed by atoms with Crippen LogP contribution >= 0.6 is 0 Å². The monoisotopic (exact) mass is 331 g/mol. The van der Waals surface area contributed by atoms with Gasteiger partial charge in [-0.05, 0) is 20.5 Å². The van der Waals surface area contributed by atoms with Crippen molar-refractivity contribution < 1.29 is 4.79 Å². The summed E-state index contributed by atoms with van der Waals surface area (Å²) in [7, 11) is 6.08. The second kappa shape index (κ2) is 7.14. The molecule has 0 aliphatic carbocycles. The molecule has 0 spiro atoms. The molecule has 0 aromatic carbocycles. The zero-order valence-corrected chi connectivity index (χ0v) is 14.5. The van der Waals surface area contributed by atoms with Gasteiger partial charge in [-0.3, -0.25) is 14.4 Å². The first-order valence-electron chi connectivity index (χ1n) is 8.19. The van der Waals surface area contributed by atoms with E-state index in [0.29, 0.717) is 18.3 Å². The fourth-order valence-corrected chi connectivity index (χ4v) is 3.10. The fourth-order valence-electron chi connectivity index (χ4n) is 3.10. The van der Waals surface area contributed by atoms with Gasteiger partial charge < -0.3 is 15.2 Å². The number of carbonyl (C=O) groups excluding carboxylic acids is 1. The number of aryl methyl sites for hydroxylation is 1. The molecular formula is C16H25N7O. The van der Waals surface area contributed by atoms with Gasteiger partial charge in [0.15, 0.2) is 5.69 Å².